The van der Waals surface area contributed by atoms with Gasteiger partial charge in [0.1, 0.15) is 17.2 Å². The van der Waals surface area contributed by atoms with Gasteiger partial charge in [-0.15, -0.1) is 0 Å². The number of halogens is 6. The fourth-order valence-corrected chi connectivity index (χ4v) is 5.06. The van der Waals surface area contributed by atoms with Crippen LogP contribution in [0.4, 0.5) is 32.4 Å². The number of imidazole rings is 1. The van der Waals surface area contributed by atoms with Gasteiger partial charge in [-0.25, -0.2) is 18.6 Å². The average Bonchev–Trinajstić information content (AvgIpc) is 3.43. The highest BCUT2D eigenvalue weighted by molar-refractivity contribution is 6.31. The number of hydrogen-bond donors (Lipinski definition) is 2. The molecule has 2 aliphatic rings. The number of aromatic nitrogens is 2. The van der Waals surface area contributed by atoms with Crippen molar-refractivity contribution in [2.75, 3.05) is 11.4 Å². The molecule has 3 heterocycles. The molecular formula is C24H14ClF5N4O. The first kappa shape index (κ1) is 21.8. The van der Waals surface area contributed by atoms with E-state index in [4.69, 9.17) is 11.6 Å². The quantitative estimate of drug-likeness (QED) is 0.312. The van der Waals surface area contributed by atoms with Gasteiger partial charge in [-0.05, 0) is 42.3 Å². The van der Waals surface area contributed by atoms with E-state index in [0.29, 0.717) is 41.4 Å². The molecule has 5 nitrogen and oxygen atoms in total. The van der Waals surface area contributed by atoms with Gasteiger partial charge in [0, 0.05) is 28.3 Å². The number of amides is 2. The second kappa shape index (κ2) is 7.42. The molecule has 0 fully saturated rings. The van der Waals surface area contributed by atoms with E-state index in [1.54, 1.807) is 17.0 Å². The summed E-state index contributed by atoms with van der Waals surface area (Å²) in [4.78, 5) is 21.4. The third kappa shape index (κ3) is 3.35. The van der Waals surface area contributed by atoms with Crippen LogP contribution in [-0.2, 0) is 12.6 Å². The lowest BCUT2D eigenvalue weighted by atomic mass is 9.89. The van der Waals surface area contributed by atoms with Crippen LogP contribution >= 0.6 is 11.6 Å². The van der Waals surface area contributed by atoms with Crippen LogP contribution in [0.3, 0.4) is 0 Å². The van der Waals surface area contributed by atoms with Gasteiger partial charge in [0.2, 0.25) is 0 Å². The van der Waals surface area contributed by atoms with Crippen molar-refractivity contribution < 1.29 is 26.7 Å². The fraction of sp³-hybridized carbons (Fsp3) is 0.167. The minimum absolute atomic E-state index is 0.108. The molecule has 3 aromatic carbocycles. The number of nitrogens with zero attached hydrogens (tertiary/aromatic N) is 2. The monoisotopic (exact) mass is 504 g/mol. The zero-order chi connectivity index (χ0) is 24.6. The maximum absolute atomic E-state index is 14.6. The van der Waals surface area contributed by atoms with Gasteiger partial charge in [0.15, 0.2) is 5.82 Å². The molecule has 2 aliphatic heterocycles. The van der Waals surface area contributed by atoms with Crippen molar-refractivity contribution >= 4 is 34.4 Å². The van der Waals surface area contributed by atoms with Crippen molar-refractivity contribution in [2.24, 2.45) is 0 Å². The van der Waals surface area contributed by atoms with E-state index in [0.717, 1.165) is 11.6 Å². The summed E-state index contributed by atoms with van der Waals surface area (Å²) >= 11 is 6.37. The number of carbonyl (C=O) groups excluding carboxylic acids is 1. The normalized spacial score (nSPS) is 17.1. The lowest BCUT2D eigenvalue weighted by molar-refractivity contribution is -0.137. The minimum Gasteiger partial charge on any atom is -0.338 e. The van der Waals surface area contributed by atoms with E-state index in [1.807, 2.05) is 0 Å². The highest BCUT2D eigenvalue weighted by Gasteiger charge is 2.40. The highest BCUT2D eigenvalue weighted by atomic mass is 35.5. The predicted molar refractivity (Wildman–Crippen MR) is 119 cm³/mol. The number of fused-ring (bicyclic) bond motifs is 1. The van der Waals surface area contributed by atoms with E-state index in [9.17, 15) is 26.7 Å². The molecule has 0 saturated heterocycles. The van der Waals surface area contributed by atoms with Crippen LogP contribution in [0.15, 0.2) is 42.5 Å². The number of urea groups is 1. The number of rotatable bonds is 2. The Morgan fingerprint density at radius 2 is 1.89 bits per heavy atom. The molecule has 2 amide bonds. The Morgan fingerprint density at radius 3 is 2.66 bits per heavy atom. The number of benzene rings is 3. The average molecular weight is 505 g/mol. The number of H-pyrrole nitrogens is 1. The van der Waals surface area contributed by atoms with Crippen LogP contribution in [0.2, 0.25) is 5.02 Å². The summed E-state index contributed by atoms with van der Waals surface area (Å²) in [6.07, 6.45) is -4.15. The maximum Gasteiger partial charge on any atom is 0.416 e. The summed E-state index contributed by atoms with van der Waals surface area (Å²) < 4.78 is 68.3. The Kier molecular flexibility index (Phi) is 4.63. The van der Waals surface area contributed by atoms with Gasteiger partial charge < -0.3 is 10.3 Å². The van der Waals surface area contributed by atoms with Gasteiger partial charge in [0.05, 0.1) is 22.8 Å². The second-order valence-electron chi connectivity index (χ2n) is 8.42. The molecule has 6 rings (SSSR count). The van der Waals surface area contributed by atoms with Crippen molar-refractivity contribution in [2.45, 2.75) is 18.6 Å². The standard InChI is InChI=1S/C24H14ClF5N4O/c25-15-4-2-12(26)9-14(15)19-18-13(3-1-10-5-6-34(21(10)18)23(35)33-19)22-31-17-8-11(24(28,29)30)7-16(27)20(17)32-22/h1-4,7-9,19H,5-6H2,(H,31,32)(H,33,35). The fourth-order valence-electron chi connectivity index (χ4n) is 4.83. The van der Waals surface area contributed by atoms with Gasteiger partial charge in [-0.3, -0.25) is 4.90 Å². The maximum atomic E-state index is 14.6. The molecule has 1 atom stereocenters. The van der Waals surface area contributed by atoms with Crippen molar-refractivity contribution in [3.05, 3.63) is 81.4 Å². The van der Waals surface area contributed by atoms with Gasteiger partial charge in [0.25, 0.3) is 0 Å². The summed E-state index contributed by atoms with van der Waals surface area (Å²) in [6, 6.07) is 7.23. The van der Waals surface area contributed by atoms with Crippen LogP contribution in [0, 0.1) is 11.6 Å². The second-order valence-corrected chi connectivity index (χ2v) is 8.83. The number of hydrogen-bond acceptors (Lipinski definition) is 2. The van der Waals surface area contributed by atoms with E-state index in [1.165, 1.54) is 18.2 Å². The first-order valence-electron chi connectivity index (χ1n) is 10.6. The van der Waals surface area contributed by atoms with Gasteiger partial charge >= 0.3 is 12.2 Å². The zero-order valence-electron chi connectivity index (χ0n) is 17.6. The molecular weight excluding hydrogens is 491 g/mol. The molecule has 4 aromatic rings. The Hall–Kier alpha value is -3.66. The van der Waals surface area contributed by atoms with E-state index < -0.39 is 29.4 Å². The van der Waals surface area contributed by atoms with Crippen molar-refractivity contribution in [3.63, 3.8) is 0 Å². The molecule has 2 N–H and O–H groups in total. The Balaban J connectivity index is 1.60. The molecule has 35 heavy (non-hydrogen) atoms. The smallest absolute Gasteiger partial charge is 0.338 e. The first-order chi connectivity index (χ1) is 16.6. The summed E-state index contributed by atoms with van der Waals surface area (Å²) in [5, 5.41) is 3.07. The number of carbonyl (C=O) groups is 1. The minimum atomic E-state index is -4.73. The molecule has 1 aromatic heterocycles. The lowest BCUT2D eigenvalue weighted by Crippen LogP contribution is -2.46. The first-order valence-corrected chi connectivity index (χ1v) is 10.9. The molecule has 0 aliphatic carbocycles. The lowest BCUT2D eigenvalue weighted by Gasteiger charge is -2.34. The topological polar surface area (TPSA) is 61.0 Å². The number of anilines is 1. The van der Waals surface area contributed by atoms with Gasteiger partial charge in [-0.1, -0.05) is 23.7 Å². The number of nitrogens with one attached hydrogen (secondary N) is 2. The third-order valence-electron chi connectivity index (χ3n) is 6.37. The number of aromatic amines is 1. The Morgan fingerprint density at radius 1 is 1.09 bits per heavy atom. The molecule has 0 saturated carbocycles. The molecule has 1 unspecified atom stereocenters. The van der Waals surface area contributed by atoms with E-state index in [2.05, 4.69) is 15.3 Å². The highest BCUT2D eigenvalue weighted by Crippen LogP contribution is 2.47. The predicted octanol–water partition coefficient (Wildman–Crippen LogP) is 6.36. The third-order valence-corrected chi connectivity index (χ3v) is 6.71. The van der Waals surface area contributed by atoms with Crippen LogP contribution in [-0.4, -0.2) is 22.5 Å². The van der Waals surface area contributed by atoms with Crippen LogP contribution < -0.4 is 10.2 Å². The summed E-state index contributed by atoms with van der Waals surface area (Å²) in [7, 11) is 0. The van der Waals surface area contributed by atoms with Gasteiger partial charge in [-0.2, -0.15) is 13.2 Å². The van der Waals surface area contributed by atoms with E-state index in [-0.39, 0.29) is 27.9 Å². The molecule has 178 valence electrons. The van der Waals surface area contributed by atoms with Crippen molar-refractivity contribution in [1.29, 1.82) is 0 Å². The summed E-state index contributed by atoms with van der Waals surface area (Å²) in [5.74, 6) is -1.57. The molecule has 11 heteroatoms. The molecule has 0 bridgehead atoms. The summed E-state index contributed by atoms with van der Waals surface area (Å²) in [6.45, 7) is 0.422. The van der Waals surface area contributed by atoms with Crippen LogP contribution in [0.25, 0.3) is 22.4 Å². The van der Waals surface area contributed by atoms with Crippen LogP contribution in [0.5, 0.6) is 0 Å². The summed E-state index contributed by atoms with van der Waals surface area (Å²) in [5.41, 5.74) is 1.23. The zero-order valence-corrected chi connectivity index (χ0v) is 18.4. The van der Waals surface area contributed by atoms with Crippen LogP contribution in [0.1, 0.15) is 28.3 Å². The van der Waals surface area contributed by atoms with Crippen molar-refractivity contribution in [3.8, 4) is 11.4 Å². The van der Waals surface area contributed by atoms with E-state index >= 15 is 0 Å². The molecule has 0 spiro atoms. The number of alkyl halides is 3. The Labute approximate surface area is 199 Å². The SMILES string of the molecule is O=C1NC(c2cc(F)ccc2Cl)c2c(-c3nc4c(F)cc(C(F)(F)F)cc4[nH]3)ccc3c2N1CC3. The largest absolute Gasteiger partial charge is 0.416 e. The molecule has 0 radical (unpaired) electrons. The Bertz CT molecular complexity index is 1550. The van der Waals surface area contributed by atoms with Crippen molar-refractivity contribution in [1.82, 2.24) is 15.3 Å².